The summed E-state index contributed by atoms with van der Waals surface area (Å²) in [5.41, 5.74) is 2.49. The van der Waals surface area contributed by atoms with E-state index in [1.54, 1.807) is 0 Å². The molecule has 0 atom stereocenters. The maximum atomic E-state index is 5.41. The van der Waals surface area contributed by atoms with Gasteiger partial charge in [0.15, 0.2) is 0 Å². The van der Waals surface area contributed by atoms with Crippen molar-refractivity contribution in [3.63, 3.8) is 0 Å². The summed E-state index contributed by atoms with van der Waals surface area (Å²) < 4.78 is 5.29. The van der Waals surface area contributed by atoms with E-state index in [0.717, 1.165) is 39.3 Å². The van der Waals surface area contributed by atoms with Gasteiger partial charge in [-0.15, -0.1) is 0 Å². The molecule has 2 heterocycles. The van der Waals surface area contributed by atoms with Crippen LogP contribution in [-0.2, 0) is 4.74 Å². The van der Waals surface area contributed by atoms with E-state index in [1.165, 1.54) is 12.8 Å². The number of nitrogens with two attached hydrogens (primary N) is 1. The summed E-state index contributed by atoms with van der Waals surface area (Å²) >= 11 is 0. The lowest BCUT2D eigenvalue weighted by Gasteiger charge is -2.16. The van der Waals surface area contributed by atoms with E-state index in [4.69, 9.17) is 10.6 Å². The number of hydrogen-bond acceptors (Lipinski definition) is 8. The monoisotopic (exact) mass is 281 g/mol. The zero-order valence-corrected chi connectivity index (χ0v) is 11.9. The molecule has 8 heteroatoms. The van der Waals surface area contributed by atoms with Crippen molar-refractivity contribution >= 4 is 17.8 Å². The molecule has 0 aliphatic carbocycles. The van der Waals surface area contributed by atoms with Crippen LogP contribution in [0.4, 0.5) is 17.8 Å². The Morgan fingerprint density at radius 2 is 1.95 bits per heavy atom. The van der Waals surface area contributed by atoms with Crippen LogP contribution in [0.1, 0.15) is 26.2 Å². The molecule has 0 aromatic carbocycles. The van der Waals surface area contributed by atoms with Crippen molar-refractivity contribution in [3.05, 3.63) is 0 Å². The quantitative estimate of drug-likeness (QED) is 0.362. The second kappa shape index (κ2) is 7.81. The van der Waals surface area contributed by atoms with E-state index < -0.39 is 0 Å². The normalized spacial score (nSPS) is 14.6. The fourth-order valence-electron chi connectivity index (χ4n) is 2.09. The Balaban J connectivity index is 1.94. The van der Waals surface area contributed by atoms with Crippen LogP contribution < -0.4 is 21.5 Å². The van der Waals surface area contributed by atoms with Gasteiger partial charge in [0.1, 0.15) is 0 Å². The van der Waals surface area contributed by atoms with E-state index in [0.29, 0.717) is 17.8 Å². The molecule has 0 amide bonds. The first-order chi connectivity index (χ1) is 9.83. The molecule has 0 bridgehead atoms. The minimum atomic E-state index is 0.384. The first-order valence-electron chi connectivity index (χ1n) is 7.12. The van der Waals surface area contributed by atoms with Gasteiger partial charge in [-0.05, 0) is 26.2 Å². The smallest absolute Gasteiger partial charge is 0.243 e. The molecule has 1 fully saturated rings. The fourth-order valence-corrected chi connectivity index (χ4v) is 2.09. The first-order valence-corrected chi connectivity index (χ1v) is 7.12. The Labute approximate surface area is 119 Å². The lowest BCUT2D eigenvalue weighted by Crippen LogP contribution is -2.23. The largest absolute Gasteiger partial charge is 0.382 e. The lowest BCUT2D eigenvalue weighted by atomic mass is 10.4. The Morgan fingerprint density at radius 1 is 1.20 bits per heavy atom. The van der Waals surface area contributed by atoms with Gasteiger partial charge in [0.05, 0.1) is 0 Å². The van der Waals surface area contributed by atoms with E-state index in [-0.39, 0.29) is 0 Å². The molecule has 1 aromatic heterocycles. The van der Waals surface area contributed by atoms with Gasteiger partial charge in [0.25, 0.3) is 0 Å². The van der Waals surface area contributed by atoms with Crippen LogP contribution in [0.2, 0.25) is 0 Å². The highest BCUT2D eigenvalue weighted by Crippen LogP contribution is 2.18. The second-order valence-corrected chi connectivity index (χ2v) is 4.60. The van der Waals surface area contributed by atoms with Crippen molar-refractivity contribution in [2.24, 2.45) is 5.84 Å². The van der Waals surface area contributed by atoms with Crippen LogP contribution in [0, 0.1) is 0 Å². The molecular formula is C12H23N7O. The highest BCUT2D eigenvalue weighted by molar-refractivity contribution is 5.43. The summed E-state index contributed by atoms with van der Waals surface area (Å²) in [5, 5.41) is 3.18. The number of ether oxygens (including phenoxy) is 1. The van der Waals surface area contributed by atoms with Gasteiger partial charge in [-0.3, -0.25) is 5.43 Å². The van der Waals surface area contributed by atoms with Crippen molar-refractivity contribution in [2.45, 2.75) is 26.2 Å². The molecular weight excluding hydrogens is 258 g/mol. The topological polar surface area (TPSA) is 101 Å². The highest BCUT2D eigenvalue weighted by Gasteiger charge is 2.17. The molecule has 4 N–H and O–H groups in total. The van der Waals surface area contributed by atoms with Gasteiger partial charge in [-0.25, -0.2) is 5.84 Å². The molecule has 0 radical (unpaired) electrons. The molecule has 2 rings (SSSR count). The summed E-state index contributed by atoms with van der Waals surface area (Å²) in [6.07, 6.45) is 3.26. The van der Waals surface area contributed by atoms with Gasteiger partial charge in [-0.1, -0.05) is 0 Å². The number of nitrogens with zero attached hydrogens (tertiary/aromatic N) is 4. The van der Waals surface area contributed by atoms with Gasteiger partial charge in [0.2, 0.25) is 17.8 Å². The number of nitrogen functional groups attached to an aromatic ring is 1. The molecule has 1 aromatic rings. The Hall–Kier alpha value is -1.67. The van der Waals surface area contributed by atoms with Gasteiger partial charge >= 0.3 is 0 Å². The SMILES string of the molecule is CCOCCCNc1nc(NN)nc(N2CCCC2)n1. The predicted molar refractivity (Wildman–Crippen MR) is 78.7 cm³/mol. The zero-order valence-electron chi connectivity index (χ0n) is 11.9. The molecule has 1 aliphatic rings. The van der Waals surface area contributed by atoms with Gasteiger partial charge < -0.3 is 15.0 Å². The van der Waals surface area contributed by atoms with Gasteiger partial charge in [0, 0.05) is 32.8 Å². The number of nitrogens with one attached hydrogen (secondary N) is 2. The molecule has 1 saturated heterocycles. The minimum absolute atomic E-state index is 0.384. The average Bonchev–Trinajstić information content (AvgIpc) is 3.01. The number of hydrogen-bond donors (Lipinski definition) is 3. The minimum Gasteiger partial charge on any atom is -0.382 e. The second-order valence-electron chi connectivity index (χ2n) is 4.60. The van der Waals surface area contributed by atoms with E-state index in [2.05, 4.69) is 30.6 Å². The van der Waals surface area contributed by atoms with Crippen LogP contribution in [0.15, 0.2) is 0 Å². The predicted octanol–water partition coefficient (Wildman–Crippen LogP) is 0.596. The van der Waals surface area contributed by atoms with Gasteiger partial charge in [-0.2, -0.15) is 15.0 Å². The summed E-state index contributed by atoms with van der Waals surface area (Å²) in [5.74, 6) is 7.02. The van der Waals surface area contributed by atoms with Crippen molar-refractivity contribution in [1.29, 1.82) is 0 Å². The molecule has 0 saturated carbocycles. The van der Waals surface area contributed by atoms with Crippen molar-refractivity contribution in [2.75, 3.05) is 48.5 Å². The Morgan fingerprint density at radius 3 is 2.65 bits per heavy atom. The Kier molecular flexibility index (Phi) is 5.75. The maximum absolute atomic E-state index is 5.41. The summed E-state index contributed by atoms with van der Waals surface area (Å²) in [7, 11) is 0. The summed E-state index contributed by atoms with van der Waals surface area (Å²) in [6, 6.07) is 0. The van der Waals surface area contributed by atoms with Crippen molar-refractivity contribution in [3.8, 4) is 0 Å². The lowest BCUT2D eigenvalue weighted by molar-refractivity contribution is 0.147. The van der Waals surface area contributed by atoms with Crippen molar-refractivity contribution < 1.29 is 4.74 Å². The molecule has 112 valence electrons. The summed E-state index contributed by atoms with van der Waals surface area (Å²) in [6.45, 7) is 6.19. The van der Waals surface area contributed by atoms with E-state index >= 15 is 0 Å². The molecule has 1 aliphatic heterocycles. The number of aromatic nitrogens is 3. The summed E-state index contributed by atoms with van der Waals surface area (Å²) in [4.78, 5) is 15.1. The molecule has 0 unspecified atom stereocenters. The average molecular weight is 281 g/mol. The molecule has 20 heavy (non-hydrogen) atoms. The van der Waals surface area contributed by atoms with Crippen LogP contribution in [-0.4, -0.2) is 47.8 Å². The van der Waals surface area contributed by atoms with Crippen LogP contribution in [0.25, 0.3) is 0 Å². The van der Waals surface area contributed by atoms with Crippen LogP contribution in [0.5, 0.6) is 0 Å². The third kappa shape index (κ3) is 4.17. The molecule has 8 nitrogen and oxygen atoms in total. The fraction of sp³-hybridized carbons (Fsp3) is 0.750. The number of anilines is 3. The standard InChI is InChI=1S/C12H23N7O/c1-2-20-9-5-6-14-10-15-11(18-13)17-12(16-10)19-7-3-4-8-19/h2-9,13H2,1H3,(H2,14,15,16,17,18). The highest BCUT2D eigenvalue weighted by atomic mass is 16.5. The molecule has 0 spiro atoms. The van der Waals surface area contributed by atoms with E-state index in [1.807, 2.05) is 6.92 Å². The number of hydrazine groups is 1. The Bertz CT molecular complexity index is 409. The first kappa shape index (κ1) is 14.7. The van der Waals surface area contributed by atoms with E-state index in [9.17, 15) is 0 Å². The number of rotatable bonds is 8. The maximum Gasteiger partial charge on any atom is 0.243 e. The van der Waals surface area contributed by atoms with Crippen LogP contribution in [0.3, 0.4) is 0 Å². The zero-order chi connectivity index (χ0) is 14.2. The third-order valence-corrected chi connectivity index (χ3v) is 3.09. The third-order valence-electron chi connectivity index (χ3n) is 3.09. The van der Waals surface area contributed by atoms with Crippen molar-refractivity contribution in [1.82, 2.24) is 15.0 Å². The van der Waals surface area contributed by atoms with Crippen LogP contribution >= 0.6 is 0 Å².